The fourth-order valence-corrected chi connectivity index (χ4v) is 3.94. The van der Waals surface area contributed by atoms with Gasteiger partial charge in [0.05, 0.1) is 16.3 Å². The van der Waals surface area contributed by atoms with Gasteiger partial charge in [0.2, 0.25) is 5.54 Å². The molecule has 3 aromatic rings. The van der Waals surface area contributed by atoms with Crippen molar-refractivity contribution in [3.63, 3.8) is 0 Å². The number of nitrogens with one attached hydrogen (secondary N) is 1. The number of hydrogen-bond acceptors (Lipinski definition) is 4. The first-order valence-electron chi connectivity index (χ1n) is 10.5. The van der Waals surface area contributed by atoms with E-state index in [0.29, 0.717) is 23.1 Å². The molecule has 0 aliphatic carbocycles. The van der Waals surface area contributed by atoms with E-state index in [4.69, 9.17) is 16.3 Å². The Morgan fingerprint density at radius 3 is 2.26 bits per heavy atom. The van der Waals surface area contributed by atoms with Crippen LogP contribution < -0.4 is 10.1 Å². The normalized spacial score (nSPS) is 13.4. The largest absolute Gasteiger partial charge is 0.479 e. The number of rotatable bonds is 8. The maximum Gasteiger partial charge on any atom is 0.416 e. The molecule has 0 aromatic heterocycles. The smallest absolute Gasteiger partial charge is 0.416 e. The van der Waals surface area contributed by atoms with Crippen LogP contribution in [0.3, 0.4) is 0 Å². The number of alkyl halides is 3. The quantitative estimate of drug-likeness (QED) is 0.341. The van der Waals surface area contributed by atoms with Crippen molar-refractivity contribution in [1.29, 1.82) is 5.26 Å². The zero-order valence-corrected chi connectivity index (χ0v) is 19.6. The minimum Gasteiger partial charge on any atom is -0.479 e. The average Bonchev–Trinajstić information content (AvgIpc) is 2.79. The van der Waals surface area contributed by atoms with Crippen molar-refractivity contribution in [3.05, 3.63) is 88.9 Å². The van der Waals surface area contributed by atoms with Gasteiger partial charge in [-0.2, -0.15) is 18.4 Å². The summed E-state index contributed by atoms with van der Waals surface area (Å²) in [7, 11) is 0. The van der Waals surface area contributed by atoms with Gasteiger partial charge < -0.3 is 15.2 Å². The van der Waals surface area contributed by atoms with E-state index >= 15 is 0 Å². The van der Waals surface area contributed by atoms with Crippen LogP contribution in [0, 0.1) is 16.7 Å². The van der Waals surface area contributed by atoms with Gasteiger partial charge in [0.1, 0.15) is 17.6 Å². The molecular formula is C26H22ClF3N2O3. The zero-order chi connectivity index (χ0) is 25.9. The molecule has 0 saturated heterocycles. The molecule has 35 heavy (non-hydrogen) atoms. The minimum absolute atomic E-state index is 0.0844. The van der Waals surface area contributed by atoms with Crippen molar-refractivity contribution < 1.29 is 27.8 Å². The number of anilines is 1. The molecule has 0 fully saturated rings. The van der Waals surface area contributed by atoms with Crippen molar-refractivity contribution >= 4 is 23.3 Å². The highest BCUT2D eigenvalue weighted by Gasteiger charge is 2.53. The summed E-state index contributed by atoms with van der Waals surface area (Å²) in [6.07, 6.45) is -4.54. The highest BCUT2D eigenvalue weighted by molar-refractivity contribution is 6.33. The predicted octanol–water partition coefficient (Wildman–Crippen LogP) is 7.18. The Balaban J connectivity index is 1.98. The van der Waals surface area contributed by atoms with Crippen LogP contribution in [0.2, 0.25) is 5.02 Å². The second-order valence-electron chi connectivity index (χ2n) is 8.57. The lowest BCUT2D eigenvalue weighted by molar-refractivity contribution is -0.144. The van der Waals surface area contributed by atoms with Crippen molar-refractivity contribution in [2.75, 3.05) is 5.32 Å². The number of ether oxygens (including phenoxy) is 1. The first-order chi connectivity index (χ1) is 16.4. The topological polar surface area (TPSA) is 82.3 Å². The van der Waals surface area contributed by atoms with Crippen molar-refractivity contribution in [2.45, 2.75) is 32.0 Å². The van der Waals surface area contributed by atoms with Gasteiger partial charge in [-0.05, 0) is 48.4 Å². The summed E-state index contributed by atoms with van der Waals surface area (Å²) in [5.74, 6) is -0.434. The molecule has 1 unspecified atom stereocenters. The summed E-state index contributed by atoms with van der Waals surface area (Å²) in [6, 6.07) is 20.3. The van der Waals surface area contributed by atoms with Crippen LogP contribution in [0.5, 0.6) is 11.5 Å². The molecule has 0 saturated carbocycles. The molecule has 0 heterocycles. The first kappa shape index (κ1) is 25.9. The van der Waals surface area contributed by atoms with E-state index < -0.39 is 28.7 Å². The monoisotopic (exact) mass is 502 g/mol. The van der Waals surface area contributed by atoms with Gasteiger partial charge in [0.15, 0.2) is 0 Å². The van der Waals surface area contributed by atoms with Crippen LogP contribution in [-0.2, 0) is 17.4 Å². The van der Waals surface area contributed by atoms with Crippen molar-refractivity contribution in [3.8, 4) is 17.6 Å². The van der Waals surface area contributed by atoms with Gasteiger partial charge in [-0.1, -0.05) is 61.8 Å². The fraction of sp³-hybridized carbons (Fsp3) is 0.231. The molecule has 0 radical (unpaired) electrons. The third-order valence-electron chi connectivity index (χ3n) is 5.70. The Kier molecular flexibility index (Phi) is 7.32. The molecule has 9 heteroatoms. The molecule has 2 N–H and O–H groups in total. The van der Waals surface area contributed by atoms with Gasteiger partial charge in [0.25, 0.3) is 0 Å². The number of carboxylic acid groups (broad SMARTS) is 1. The average molecular weight is 503 g/mol. The van der Waals surface area contributed by atoms with Gasteiger partial charge in [-0.15, -0.1) is 0 Å². The third kappa shape index (κ3) is 5.52. The molecule has 0 aliphatic rings. The van der Waals surface area contributed by atoms with Crippen LogP contribution in [0.25, 0.3) is 0 Å². The molecule has 3 rings (SSSR count). The van der Waals surface area contributed by atoms with Crippen LogP contribution in [0.1, 0.15) is 25.0 Å². The third-order valence-corrected chi connectivity index (χ3v) is 6.01. The molecule has 0 amide bonds. The van der Waals surface area contributed by atoms with E-state index in [2.05, 4.69) is 5.32 Å². The number of carboxylic acids is 1. The van der Waals surface area contributed by atoms with E-state index in [1.165, 1.54) is 0 Å². The Hall–Kier alpha value is -3.70. The van der Waals surface area contributed by atoms with Gasteiger partial charge in [0, 0.05) is 5.41 Å². The lowest BCUT2D eigenvalue weighted by Gasteiger charge is -2.40. The van der Waals surface area contributed by atoms with Crippen LogP contribution in [-0.4, -0.2) is 16.6 Å². The summed E-state index contributed by atoms with van der Waals surface area (Å²) < 4.78 is 45.0. The lowest BCUT2D eigenvalue weighted by Crippen LogP contribution is -2.57. The number of benzene rings is 3. The molecule has 1 atom stereocenters. The van der Waals surface area contributed by atoms with E-state index in [1.807, 2.05) is 24.3 Å². The SMILES string of the molecule is CC(C)(Cc1ccccc1Oc1ccccc1)C(C#N)(Nc1ccc(C(F)(F)F)cc1Cl)C(=O)O. The van der Waals surface area contributed by atoms with Gasteiger partial charge in [-0.3, -0.25) is 0 Å². The van der Waals surface area contributed by atoms with E-state index in [-0.39, 0.29) is 17.1 Å². The van der Waals surface area contributed by atoms with E-state index in [9.17, 15) is 28.3 Å². The van der Waals surface area contributed by atoms with Crippen molar-refractivity contribution in [1.82, 2.24) is 0 Å². The molecule has 182 valence electrons. The molecule has 5 nitrogen and oxygen atoms in total. The minimum atomic E-state index is -4.62. The number of hydrogen-bond donors (Lipinski definition) is 2. The maximum atomic E-state index is 13.0. The Morgan fingerprint density at radius 1 is 1.06 bits per heavy atom. The number of halogens is 4. The summed E-state index contributed by atoms with van der Waals surface area (Å²) in [5, 5.41) is 22.5. The van der Waals surface area contributed by atoms with Crippen LogP contribution in [0.15, 0.2) is 72.8 Å². The second-order valence-corrected chi connectivity index (χ2v) is 8.98. The predicted molar refractivity (Wildman–Crippen MR) is 126 cm³/mol. The Labute approximate surface area is 205 Å². The first-order valence-corrected chi connectivity index (χ1v) is 10.9. The summed E-state index contributed by atoms with van der Waals surface area (Å²) in [6.45, 7) is 3.16. The number of nitriles is 1. The maximum absolute atomic E-state index is 13.0. The second kappa shape index (κ2) is 9.88. The number of nitrogens with zero attached hydrogens (tertiary/aromatic N) is 1. The fourth-order valence-electron chi connectivity index (χ4n) is 3.71. The Bertz CT molecular complexity index is 1260. The molecule has 0 aliphatic heterocycles. The lowest BCUT2D eigenvalue weighted by atomic mass is 9.69. The number of carbonyl (C=O) groups is 1. The molecule has 3 aromatic carbocycles. The molecular weight excluding hydrogens is 481 g/mol. The standard InChI is InChI=1S/C26H22ClF3N2O3/c1-24(2,15-17-8-6-7-11-22(17)35-19-9-4-3-5-10-19)25(16-31,23(33)34)32-21-13-12-18(14-20(21)27)26(28,29)30/h3-14,32H,15H2,1-2H3,(H,33,34). The van der Waals surface area contributed by atoms with Crippen molar-refractivity contribution in [2.24, 2.45) is 5.41 Å². The number of aliphatic carboxylic acids is 1. The van der Waals surface area contributed by atoms with Crippen LogP contribution in [0.4, 0.5) is 18.9 Å². The highest BCUT2D eigenvalue weighted by atomic mass is 35.5. The number of para-hydroxylation sites is 2. The van der Waals surface area contributed by atoms with E-state index in [1.54, 1.807) is 50.2 Å². The van der Waals surface area contributed by atoms with E-state index in [0.717, 1.165) is 12.1 Å². The van der Waals surface area contributed by atoms with Gasteiger partial charge in [-0.25, -0.2) is 4.79 Å². The van der Waals surface area contributed by atoms with Crippen LogP contribution >= 0.6 is 11.6 Å². The highest BCUT2D eigenvalue weighted by Crippen LogP contribution is 2.42. The summed E-state index contributed by atoms with van der Waals surface area (Å²) in [4.78, 5) is 12.5. The summed E-state index contributed by atoms with van der Waals surface area (Å²) in [5.41, 5.74) is -3.98. The zero-order valence-electron chi connectivity index (χ0n) is 18.9. The van der Waals surface area contributed by atoms with Gasteiger partial charge >= 0.3 is 12.1 Å². The molecule has 0 bridgehead atoms. The summed E-state index contributed by atoms with van der Waals surface area (Å²) >= 11 is 6.04. The molecule has 0 spiro atoms. The Morgan fingerprint density at radius 2 is 1.69 bits per heavy atom.